The molecule has 0 spiro atoms. The zero-order valence-corrected chi connectivity index (χ0v) is 9.54. The summed E-state index contributed by atoms with van der Waals surface area (Å²) in [6.45, 7) is 1.89. The fourth-order valence-corrected chi connectivity index (χ4v) is 2.07. The van der Waals surface area contributed by atoms with E-state index in [0.717, 1.165) is 10.7 Å². The van der Waals surface area contributed by atoms with Gasteiger partial charge in [0.1, 0.15) is 17.6 Å². The van der Waals surface area contributed by atoms with Gasteiger partial charge < -0.3 is 5.11 Å². The second-order valence-electron chi connectivity index (χ2n) is 3.45. The minimum absolute atomic E-state index is 0.0770. The number of hydrogen-bond acceptors (Lipinski definition) is 4. The van der Waals surface area contributed by atoms with Gasteiger partial charge in [-0.3, -0.25) is 4.98 Å². The molecule has 0 amide bonds. The lowest BCUT2D eigenvalue weighted by Gasteiger charge is -2.08. The van der Waals surface area contributed by atoms with Gasteiger partial charge >= 0.3 is 0 Å². The molecule has 0 aromatic carbocycles. The van der Waals surface area contributed by atoms with Crippen LogP contribution in [-0.4, -0.2) is 15.1 Å². The molecule has 5 heteroatoms. The summed E-state index contributed by atoms with van der Waals surface area (Å²) >= 11 is 1.51. The van der Waals surface area contributed by atoms with Crippen molar-refractivity contribution in [3.63, 3.8) is 0 Å². The van der Waals surface area contributed by atoms with Crippen molar-refractivity contribution in [2.75, 3.05) is 0 Å². The molecule has 2 aromatic heterocycles. The second kappa shape index (κ2) is 4.67. The van der Waals surface area contributed by atoms with Crippen LogP contribution in [0.25, 0.3) is 0 Å². The standard InChI is InChI=1S/C11H11FN2OS/c1-7-14-8(6-16-7)5-10(15)11-9(12)3-2-4-13-11/h2-4,6,10,15H,5H2,1H3. The van der Waals surface area contributed by atoms with Crippen molar-refractivity contribution in [1.82, 2.24) is 9.97 Å². The molecule has 3 nitrogen and oxygen atoms in total. The van der Waals surface area contributed by atoms with E-state index in [2.05, 4.69) is 9.97 Å². The largest absolute Gasteiger partial charge is 0.386 e. The summed E-state index contributed by atoms with van der Waals surface area (Å²) in [6.07, 6.45) is 0.814. The lowest BCUT2D eigenvalue weighted by Crippen LogP contribution is -2.06. The van der Waals surface area contributed by atoms with Crippen molar-refractivity contribution in [2.45, 2.75) is 19.4 Å². The minimum Gasteiger partial charge on any atom is -0.386 e. The first kappa shape index (κ1) is 11.2. The van der Waals surface area contributed by atoms with Crippen LogP contribution in [0.5, 0.6) is 0 Å². The summed E-state index contributed by atoms with van der Waals surface area (Å²) in [4.78, 5) is 8.05. The van der Waals surface area contributed by atoms with E-state index in [1.54, 1.807) is 0 Å². The third-order valence-corrected chi connectivity index (χ3v) is 2.99. The lowest BCUT2D eigenvalue weighted by molar-refractivity contribution is 0.167. The number of aliphatic hydroxyl groups is 1. The predicted octanol–water partition coefficient (Wildman–Crippen LogP) is 2.26. The molecule has 84 valence electrons. The molecule has 0 aliphatic heterocycles. The lowest BCUT2D eigenvalue weighted by atomic mass is 10.1. The predicted molar refractivity (Wildman–Crippen MR) is 59.7 cm³/mol. The summed E-state index contributed by atoms with van der Waals surface area (Å²) < 4.78 is 13.3. The normalized spacial score (nSPS) is 12.7. The van der Waals surface area contributed by atoms with E-state index in [0.29, 0.717) is 0 Å². The molecule has 1 N–H and O–H groups in total. The van der Waals surface area contributed by atoms with Crippen LogP contribution in [0.3, 0.4) is 0 Å². The van der Waals surface area contributed by atoms with E-state index >= 15 is 0 Å². The molecule has 0 saturated heterocycles. The van der Waals surface area contributed by atoms with E-state index in [1.165, 1.54) is 29.7 Å². The van der Waals surface area contributed by atoms with Gasteiger partial charge in [0.2, 0.25) is 0 Å². The Kier molecular flexibility index (Phi) is 3.26. The Hall–Kier alpha value is -1.33. The van der Waals surface area contributed by atoms with E-state index in [1.807, 2.05) is 12.3 Å². The first-order valence-corrected chi connectivity index (χ1v) is 5.74. The van der Waals surface area contributed by atoms with E-state index < -0.39 is 11.9 Å². The maximum atomic E-state index is 13.3. The van der Waals surface area contributed by atoms with Gasteiger partial charge in [-0.15, -0.1) is 11.3 Å². The summed E-state index contributed by atoms with van der Waals surface area (Å²) in [5.74, 6) is -0.484. The van der Waals surface area contributed by atoms with Gasteiger partial charge in [0.25, 0.3) is 0 Å². The Morgan fingerprint density at radius 1 is 1.56 bits per heavy atom. The fraction of sp³-hybridized carbons (Fsp3) is 0.273. The molecule has 0 bridgehead atoms. The van der Waals surface area contributed by atoms with Crippen LogP contribution in [0.2, 0.25) is 0 Å². The number of aryl methyl sites for hydroxylation is 1. The molecule has 1 unspecified atom stereocenters. The molecular formula is C11H11FN2OS. The summed E-state index contributed by atoms with van der Waals surface area (Å²) in [7, 11) is 0. The van der Waals surface area contributed by atoms with E-state index in [4.69, 9.17) is 0 Å². The number of hydrogen-bond donors (Lipinski definition) is 1. The Morgan fingerprint density at radius 3 is 3.00 bits per heavy atom. The molecule has 2 aromatic rings. The van der Waals surface area contributed by atoms with Crippen LogP contribution in [-0.2, 0) is 6.42 Å². The van der Waals surface area contributed by atoms with Crippen LogP contribution in [0.4, 0.5) is 4.39 Å². The average molecular weight is 238 g/mol. The number of rotatable bonds is 3. The Bertz CT molecular complexity index is 486. The van der Waals surface area contributed by atoms with E-state index in [9.17, 15) is 9.50 Å². The number of aromatic nitrogens is 2. The van der Waals surface area contributed by atoms with Gasteiger partial charge in [0, 0.05) is 18.0 Å². The number of thiazole rings is 1. The first-order chi connectivity index (χ1) is 7.66. The van der Waals surface area contributed by atoms with Crippen molar-refractivity contribution in [3.05, 3.63) is 45.9 Å². The number of aliphatic hydroxyl groups excluding tert-OH is 1. The van der Waals surface area contributed by atoms with Crippen LogP contribution in [0.1, 0.15) is 22.5 Å². The quantitative estimate of drug-likeness (QED) is 0.892. The summed E-state index contributed by atoms with van der Waals surface area (Å²) in [5, 5.41) is 12.6. The Morgan fingerprint density at radius 2 is 2.38 bits per heavy atom. The molecule has 1 atom stereocenters. The van der Waals surface area contributed by atoms with Crippen molar-refractivity contribution >= 4 is 11.3 Å². The monoisotopic (exact) mass is 238 g/mol. The molecule has 2 heterocycles. The van der Waals surface area contributed by atoms with Gasteiger partial charge in [-0.25, -0.2) is 9.37 Å². The molecule has 0 aliphatic rings. The van der Waals surface area contributed by atoms with Gasteiger partial charge in [-0.1, -0.05) is 0 Å². The molecular weight excluding hydrogens is 227 g/mol. The van der Waals surface area contributed by atoms with Crippen LogP contribution in [0.15, 0.2) is 23.7 Å². The highest BCUT2D eigenvalue weighted by Crippen LogP contribution is 2.19. The van der Waals surface area contributed by atoms with Crippen molar-refractivity contribution in [3.8, 4) is 0 Å². The maximum absolute atomic E-state index is 13.3. The number of halogens is 1. The van der Waals surface area contributed by atoms with Crippen LogP contribution in [0, 0.1) is 12.7 Å². The van der Waals surface area contributed by atoms with E-state index in [-0.39, 0.29) is 12.1 Å². The van der Waals surface area contributed by atoms with Gasteiger partial charge in [-0.05, 0) is 19.1 Å². The fourth-order valence-electron chi connectivity index (χ4n) is 1.44. The molecule has 0 saturated carbocycles. The number of nitrogens with zero attached hydrogens (tertiary/aromatic N) is 2. The van der Waals surface area contributed by atoms with Crippen molar-refractivity contribution in [2.24, 2.45) is 0 Å². The van der Waals surface area contributed by atoms with Crippen molar-refractivity contribution < 1.29 is 9.50 Å². The van der Waals surface area contributed by atoms with Crippen LogP contribution >= 0.6 is 11.3 Å². The average Bonchev–Trinajstić information content (AvgIpc) is 2.64. The SMILES string of the molecule is Cc1nc(CC(O)c2ncccc2F)cs1. The molecule has 0 aliphatic carbocycles. The smallest absolute Gasteiger partial charge is 0.147 e. The van der Waals surface area contributed by atoms with Gasteiger partial charge in [0.15, 0.2) is 0 Å². The topological polar surface area (TPSA) is 46.0 Å². The summed E-state index contributed by atoms with van der Waals surface area (Å²) in [5.41, 5.74) is 0.841. The van der Waals surface area contributed by atoms with Gasteiger partial charge in [-0.2, -0.15) is 0 Å². The highest BCUT2D eigenvalue weighted by Gasteiger charge is 2.15. The first-order valence-electron chi connectivity index (χ1n) is 4.86. The third-order valence-electron chi connectivity index (χ3n) is 2.17. The van der Waals surface area contributed by atoms with Crippen LogP contribution < -0.4 is 0 Å². The molecule has 16 heavy (non-hydrogen) atoms. The highest BCUT2D eigenvalue weighted by molar-refractivity contribution is 7.09. The Labute approximate surface area is 96.6 Å². The second-order valence-corrected chi connectivity index (χ2v) is 4.51. The summed E-state index contributed by atoms with van der Waals surface area (Å²) in [6, 6.07) is 2.79. The molecule has 0 radical (unpaired) electrons. The maximum Gasteiger partial charge on any atom is 0.147 e. The number of pyridine rings is 1. The van der Waals surface area contributed by atoms with Gasteiger partial charge in [0.05, 0.1) is 10.7 Å². The van der Waals surface area contributed by atoms with Crippen molar-refractivity contribution in [1.29, 1.82) is 0 Å². The zero-order valence-electron chi connectivity index (χ0n) is 8.72. The minimum atomic E-state index is -0.942. The Balaban J connectivity index is 2.14. The zero-order chi connectivity index (χ0) is 11.5. The molecule has 0 fully saturated rings. The molecule has 2 rings (SSSR count). The third kappa shape index (κ3) is 2.43. The highest BCUT2D eigenvalue weighted by atomic mass is 32.1.